The lowest BCUT2D eigenvalue weighted by Gasteiger charge is -2.09. The van der Waals surface area contributed by atoms with Gasteiger partial charge in [0.1, 0.15) is 0 Å². The molecule has 192 valence electrons. The summed E-state index contributed by atoms with van der Waals surface area (Å²) >= 11 is 1.80. The molecule has 0 aliphatic heterocycles. The number of fused-ring (bicyclic) bond motifs is 4. The van der Waals surface area contributed by atoms with Crippen LogP contribution in [0.3, 0.4) is 0 Å². The van der Waals surface area contributed by atoms with Crippen LogP contribution in [0.2, 0.25) is 0 Å². The van der Waals surface area contributed by atoms with Crippen molar-refractivity contribution in [2.24, 2.45) is 0 Å². The highest BCUT2D eigenvalue weighted by molar-refractivity contribution is 7.25. The Balaban J connectivity index is 1.23. The van der Waals surface area contributed by atoms with Gasteiger partial charge in [-0.3, -0.25) is 0 Å². The van der Waals surface area contributed by atoms with Crippen molar-refractivity contribution in [2.75, 3.05) is 0 Å². The first kappa shape index (κ1) is 23.7. The molecule has 2 heterocycles. The molecule has 3 nitrogen and oxygen atoms in total. The number of aromatic nitrogens is 3. The fraction of sp³-hybridized carbons (Fsp3) is 0. The zero-order chi connectivity index (χ0) is 27.2. The Kier molecular flexibility index (Phi) is 5.64. The minimum atomic E-state index is 0.662. The van der Waals surface area contributed by atoms with E-state index in [0.717, 1.165) is 22.3 Å². The third kappa shape index (κ3) is 4.35. The fourth-order valence-corrected chi connectivity index (χ4v) is 6.54. The molecule has 0 saturated heterocycles. The normalized spacial score (nSPS) is 11.4. The second-order valence-corrected chi connectivity index (χ2v) is 11.2. The Hall–Kier alpha value is -5.19. The quantitative estimate of drug-likeness (QED) is 0.222. The molecule has 0 aliphatic carbocycles. The van der Waals surface area contributed by atoms with E-state index in [4.69, 9.17) is 15.0 Å². The second-order valence-electron chi connectivity index (χ2n) is 10.1. The van der Waals surface area contributed by atoms with Gasteiger partial charge in [-0.05, 0) is 40.1 Å². The van der Waals surface area contributed by atoms with Crippen molar-refractivity contribution in [1.29, 1.82) is 0 Å². The summed E-state index contributed by atoms with van der Waals surface area (Å²) in [5.74, 6) is 2.00. The lowest BCUT2D eigenvalue weighted by Crippen LogP contribution is -2.00. The summed E-state index contributed by atoms with van der Waals surface area (Å²) in [5.41, 5.74) is 5.25. The minimum absolute atomic E-state index is 0.662. The monoisotopic (exact) mass is 541 g/mol. The summed E-state index contributed by atoms with van der Waals surface area (Å²) in [6, 6.07) is 48.7. The van der Waals surface area contributed by atoms with E-state index in [1.807, 2.05) is 30.3 Å². The second kappa shape index (κ2) is 9.77. The Morgan fingerprint density at radius 1 is 0.341 bits per heavy atom. The number of rotatable bonds is 4. The number of nitrogens with zero attached hydrogens (tertiary/aromatic N) is 3. The van der Waals surface area contributed by atoms with Gasteiger partial charge in [0.2, 0.25) is 0 Å². The predicted octanol–water partition coefficient (Wildman–Crippen LogP) is 10.1. The SMILES string of the molecule is c1ccc(-c2nc(-c3ccc(-c4ccc5ccccc5c4)cc3)nc(-c3ccc4c(c3)sc3ccccc34)n2)cc1. The molecule has 0 radical (unpaired) electrons. The van der Waals surface area contributed by atoms with Gasteiger partial charge in [-0.25, -0.2) is 15.0 Å². The van der Waals surface area contributed by atoms with E-state index in [9.17, 15) is 0 Å². The molecule has 4 heteroatoms. The molecule has 0 bridgehead atoms. The Bertz CT molecular complexity index is 2200. The molecule has 0 N–H and O–H groups in total. The molecule has 0 atom stereocenters. The van der Waals surface area contributed by atoms with Gasteiger partial charge in [-0.1, -0.05) is 121 Å². The maximum atomic E-state index is 4.99. The number of benzene rings is 6. The summed E-state index contributed by atoms with van der Waals surface area (Å²) in [6.45, 7) is 0. The van der Waals surface area contributed by atoms with Crippen molar-refractivity contribution in [3.63, 3.8) is 0 Å². The number of hydrogen-bond donors (Lipinski definition) is 0. The average Bonchev–Trinajstić information content (AvgIpc) is 3.43. The maximum Gasteiger partial charge on any atom is 0.164 e. The van der Waals surface area contributed by atoms with Crippen LogP contribution in [0.1, 0.15) is 0 Å². The van der Waals surface area contributed by atoms with Gasteiger partial charge in [0.15, 0.2) is 17.5 Å². The summed E-state index contributed by atoms with van der Waals surface area (Å²) in [4.78, 5) is 14.8. The highest BCUT2D eigenvalue weighted by Crippen LogP contribution is 2.36. The fourth-order valence-electron chi connectivity index (χ4n) is 5.40. The van der Waals surface area contributed by atoms with E-state index < -0.39 is 0 Å². The third-order valence-electron chi connectivity index (χ3n) is 7.53. The van der Waals surface area contributed by atoms with Gasteiger partial charge in [-0.2, -0.15) is 0 Å². The topological polar surface area (TPSA) is 38.7 Å². The van der Waals surface area contributed by atoms with Crippen molar-refractivity contribution in [3.05, 3.63) is 140 Å². The van der Waals surface area contributed by atoms with Crippen molar-refractivity contribution in [1.82, 2.24) is 15.0 Å². The molecule has 0 unspecified atom stereocenters. The first-order valence-electron chi connectivity index (χ1n) is 13.6. The summed E-state index contributed by atoms with van der Waals surface area (Å²) in [6.07, 6.45) is 0. The van der Waals surface area contributed by atoms with Gasteiger partial charge in [0.25, 0.3) is 0 Å². The summed E-state index contributed by atoms with van der Waals surface area (Å²) in [7, 11) is 0. The summed E-state index contributed by atoms with van der Waals surface area (Å²) < 4.78 is 2.51. The first-order chi connectivity index (χ1) is 20.3. The van der Waals surface area contributed by atoms with Crippen LogP contribution in [0, 0.1) is 0 Å². The maximum absolute atomic E-state index is 4.99. The van der Waals surface area contributed by atoms with Gasteiger partial charge in [-0.15, -0.1) is 11.3 Å². The molecule has 0 fully saturated rings. The molecular formula is C37H23N3S. The van der Waals surface area contributed by atoms with Crippen molar-refractivity contribution in [2.45, 2.75) is 0 Å². The van der Waals surface area contributed by atoms with E-state index in [-0.39, 0.29) is 0 Å². The molecule has 2 aromatic heterocycles. The van der Waals surface area contributed by atoms with Crippen LogP contribution in [-0.2, 0) is 0 Å². The van der Waals surface area contributed by atoms with E-state index in [2.05, 4.69) is 109 Å². The first-order valence-corrected chi connectivity index (χ1v) is 14.4. The summed E-state index contributed by atoms with van der Waals surface area (Å²) in [5, 5.41) is 5.02. The lowest BCUT2D eigenvalue weighted by atomic mass is 10.00. The van der Waals surface area contributed by atoms with Crippen molar-refractivity contribution < 1.29 is 0 Å². The highest BCUT2D eigenvalue weighted by Gasteiger charge is 2.14. The lowest BCUT2D eigenvalue weighted by molar-refractivity contribution is 1.07. The van der Waals surface area contributed by atoms with Crippen molar-refractivity contribution in [3.8, 4) is 45.3 Å². The Morgan fingerprint density at radius 3 is 1.71 bits per heavy atom. The van der Waals surface area contributed by atoms with E-state index in [1.165, 1.54) is 36.5 Å². The molecule has 0 amide bonds. The highest BCUT2D eigenvalue weighted by atomic mass is 32.1. The smallest absolute Gasteiger partial charge is 0.164 e. The molecule has 0 spiro atoms. The number of thiophene rings is 1. The molecule has 0 aliphatic rings. The van der Waals surface area contributed by atoms with Gasteiger partial charge >= 0.3 is 0 Å². The van der Waals surface area contributed by atoms with Crippen molar-refractivity contribution >= 4 is 42.3 Å². The standard InChI is InChI=1S/C37H23N3S/c1-2-9-26(10-3-1)35-38-36(27-17-14-25(15-18-27)29-19-16-24-8-4-5-11-28(24)22-29)40-37(39-35)30-20-21-32-31-12-6-7-13-33(31)41-34(32)23-30/h1-23H. The van der Waals surface area contributed by atoms with Crippen LogP contribution in [0.4, 0.5) is 0 Å². The largest absolute Gasteiger partial charge is 0.208 e. The Labute approximate surface area is 241 Å². The minimum Gasteiger partial charge on any atom is -0.208 e. The van der Waals surface area contributed by atoms with Crippen LogP contribution in [0.15, 0.2) is 140 Å². The van der Waals surface area contributed by atoms with Gasteiger partial charge < -0.3 is 0 Å². The molecule has 8 rings (SSSR count). The molecule has 0 saturated carbocycles. The Morgan fingerprint density at radius 2 is 0.902 bits per heavy atom. The zero-order valence-electron chi connectivity index (χ0n) is 22.0. The predicted molar refractivity (Wildman–Crippen MR) is 172 cm³/mol. The van der Waals surface area contributed by atoms with Crippen LogP contribution in [0.25, 0.3) is 76.2 Å². The van der Waals surface area contributed by atoms with Crippen LogP contribution < -0.4 is 0 Å². The molecule has 41 heavy (non-hydrogen) atoms. The molecule has 6 aromatic carbocycles. The van der Waals surface area contributed by atoms with E-state index in [0.29, 0.717) is 17.5 Å². The van der Waals surface area contributed by atoms with Gasteiger partial charge in [0.05, 0.1) is 0 Å². The number of hydrogen-bond acceptors (Lipinski definition) is 4. The van der Waals surface area contributed by atoms with E-state index >= 15 is 0 Å². The zero-order valence-corrected chi connectivity index (χ0v) is 22.8. The van der Waals surface area contributed by atoms with E-state index in [1.54, 1.807) is 11.3 Å². The molecule has 8 aromatic rings. The molecular weight excluding hydrogens is 518 g/mol. The van der Waals surface area contributed by atoms with Gasteiger partial charge in [0, 0.05) is 36.9 Å². The average molecular weight is 542 g/mol. The van der Waals surface area contributed by atoms with Crippen LogP contribution in [0.5, 0.6) is 0 Å². The van der Waals surface area contributed by atoms with Crippen LogP contribution in [-0.4, -0.2) is 15.0 Å². The van der Waals surface area contributed by atoms with Crippen LogP contribution >= 0.6 is 11.3 Å². The third-order valence-corrected chi connectivity index (χ3v) is 8.66.